The highest BCUT2D eigenvalue weighted by molar-refractivity contribution is 5.97. The monoisotopic (exact) mass is 342 g/mol. The Morgan fingerprint density at radius 1 is 1.08 bits per heavy atom. The first-order valence-electron chi connectivity index (χ1n) is 7.58. The topological polar surface area (TPSA) is 127 Å². The van der Waals surface area contributed by atoms with Gasteiger partial charge >= 0.3 is 0 Å². The lowest BCUT2D eigenvalue weighted by Crippen LogP contribution is -2.47. The summed E-state index contributed by atoms with van der Waals surface area (Å²) in [5, 5.41) is 15.9. The van der Waals surface area contributed by atoms with E-state index in [2.05, 4.69) is 10.6 Å². The molecule has 0 aliphatic heterocycles. The van der Waals surface area contributed by atoms with Crippen molar-refractivity contribution < 1.29 is 14.5 Å². The van der Waals surface area contributed by atoms with Crippen molar-refractivity contribution in [1.82, 2.24) is 5.32 Å². The Kier molecular flexibility index (Phi) is 6.19. The predicted octanol–water partition coefficient (Wildman–Crippen LogP) is 1.22. The summed E-state index contributed by atoms with van der Waals surface area (Å²) in [6.45, 7) is -0.226. The zero-order valence-electron chi connectivity index (χ0n) is 13.3. The summed E-state index contributed by atoms with van der Waals surface area (Å²) >= 11 is 0. The minimum absolute atomic E-state index is 0.0738. The van der Waals surface area contributed by atoms with Crippen LogP contribution >= 0.6 is 0 Å². The second-order valence-electron chi connectivity index (χ2n) is 5.31. The number of nitro benzene ring substituents is 1. The van der Waals surface area contributed by atoms with Crippen molar-refractivity contribution in [3.8, 4) is 0 Å². The van der Waals surface area contributed by atoms with Crippen molar-refractivity contribution in [2.45, 2.75) is 12.5 Å². The summed E-state index contributed by atoms with van der Waals surface area (Å²) in [5.41, 5.74) is 6.51. The zero-order valence-corrected chi connectivity index (χ0v) is 13.3. The fourth-order valence-electron chi connectivity index (χ4n) is 2.21. The number of rotatable bonds is 7. The molecule has 0 heterocycles. The van der Waals surface area contributed by atoms with E-state index in [4.69, 9.17) is 5.73 Å². The molecule has 0 spiro atoms. The number of hydrogen-bond donors (Lipinski definition) is 3. The van der Waals surface area contributed by atoms with Gasteiger partial charge in [-0.3, -0.25) is 19.7 Å². The van der Waals surface area contributed by atoms with Gasteiger partial charge < -0.3 is 16.4 Å². The molecule has 2 rings (SSSR count). The van der Waals surface area contributed by atoms with Gasteiger partial charge in [0.1, 0.15) is 6.04 Å². The molecule has 4 N–H and O–H groups in total. The summed E-state index contributed by atoms with van der Waals surface area (Å²) < 4.78 is 0. The fraction of sp³-hybridized carbons (Fsp3) is 0.176. The molecule has 0 bridgehead atoms. The molecule has 0 unspecified atom stereocenters. The van der Waals surface area contributed by atoms with Crippen molar-refractivity contribution >= 4 is 23.2 Å². The summed E-state index contributed by atoms with van der Waals surface area (Å²) in [5.74, 6) is -0.876. The van der Waals surface area contributed by atoms with E-state index in [1.54, 1.807) is 0 Å². The Bertz CT molecular complexity index is 747. The van der Waals surface area contributed by atoms with Crippen LogP contribution in [0.3, 0.4) is 0 Å². The maximum Gasteiger partial charge on any atom is 0.269 e. The standard InChI is InChI=1S/C17H18N4O4/c18-11-16(22)20-15(10-12-4-2-1-3-5-12)17(23)19-13-6-8-14(9-7-13)21(24)25/h1-9,15H,10-11,18H2,(H,19,23)(H,20,22)/t15-/m1/s1. The molecule has 2 amide bonds. The molecule has 0 fully saturated rings. The number of benzene rings is 2. The van der Waals surface area contributed by atoms with E-state index in [0.29, 0.717) is 12.1 Å². The molecule has 0 radical (unpaired) electrons. The van der Waals surface area contributed by atoms with Crippen LogP contribution in [-0.2, 0) is 16.0 Å². The molecular weight excluding hydrogens is 324 g/mol. The van der Waals surface area contributed by atoms with Gasteiger partial charge in [0.25, 0.3) is 5.69 Å². The van der Waals surface area contributed by atoms with Gasteiger partial charge in [-0.1, -0.05) is 30.3 Å². The van der Waals surface area contributed by atoms with E-state index < -0.39 is 22.8 Å². The van der Waals surface area contributed by atoms with Gasteiger partial charge in [0.05, 0.1) is 11.5 Å². The van der Waals surface area contributed by atoms with Gasteiger partial charge in [0.15, 0.2) is 0 Å². The number of nitro groups is 1. The lowest BCUT2D eigenvalue weighted by molar-refractivity contribution is -0.384. The number of carbonyl (C=O) groups excluding carboxylic acids is 2. The van der Waals surface area contributed by atoms with Gasteiger partial charge in [-0.05, 0) is 17.7 Å². The van der Waals surface area contributed by atoms with Crippen molar-refractivity contribution in [3.05, 3.63) is 70.3 Å². The molecule has 2 aromatic carbocycles. The molecule has 130 valence electrons. The second-order valence-corrected chi connectivity index (χ2v) is 5.31. The quantitative estimate of drug-likeness (QED) is 0.515. The molecule has 2 aromatic rings. The van der Waals surface area contributed by atoms with Crippen LogP contribution in [-0.4, -0.2) is 29.3 Å². The Morgan fingerprint density at radius 2 is 1.72 bits per heavy atom. The smallest absolute Gasteiger partial charge is 0.269 e. The third-order valence-corrected chi connectivity index (χ3v) is 3.47. The minimum atomic E-state index is -0.811. The van der Waals surface area contributed by atoms with E-state index in [9.17, 15) is 19.7 Å². The average Bonchev–Trinajstić information content (AvgIpc) is 2.62. The van der Waals surface area contributed by atoms with Gasteiger partial charge in [-0.25, -0.2) is 0 Å². The summed E-state index contributed by atoms with van der Waals surface area (Å²) in [6.07, 6.45) is 0.297. The van der Waals surface area contributed by atoms with Gasteiger partial charge in [-0.15, -0.1) is 0 Å². The largest absolute Gasteiger partial charge is 0.343 e. The average molecular weight is 342 g/mol. The van der Waals surface area contributed by atoms with E-state index in [1.807, 2.05) is 30.3 Å². The van der Waals surface area contributed by atoms with E-state index in [0.717, 1.165) is 5.56 Å². The van der Waals surface area contributed by atoms with Crippen LogP contribution in [0.2, 0.25) is 0 Å². The Labute approximate surface area is 144 Å². The van der Waals surface area contributed by atoms with Crippen LogP contribution in [0, 0.1) is 10.1 Å². The van der Waals surface area contributed by atoms with Crippen LogP contribution in [0.4, 0.5) is 11.4 Å². The summed E-state index contributed by atoms with van der Waals surface area (Å²) in [4.78, 5) is 34.2. The number of non-ortho nitro benzene ring substituents is 1. The first kappa shape index (κ1) is 18.1. The number of nitrogens with zero attached hydrogens (tertiary/aromatic N) is 1. The zero-order chi connectivity index (χ0) is 18.2. The van der Waals surface area contributed by atoms with E-state index >= 15 is 0 Å². The highest BCUT2D eigenvalue weighted by atomic mass is 16.6. The fourth-order valence-corrected chi connectivity index (χ4v) is 2.21. The van der Waals surface area contributed by atoms with E-state index in [1.165, 1.54) is 24.3 Å². The van der Waals surface area contributed by atoms with Crippen molar-refractivity contribution in [3.63, 3.8) is 0 Å². The molecular formula is C17H18N4O4. The predicted molar refractivity (Wildman–Crippen MR) is 92.9 cm³/mol. The van der Waals surface area contributed by atoms with Crippen LogP contribution in [0.1, 0.15) is 5.56 Å². The number of nitrogens with two attached hydrogens (primary N) is 1. The maximum absolute atomic E-state index is 12.5. The van der Waals surface area contributed by atoms with Crippen molar-refractivity contribution in [2.75, 3.05) is 11.9 Å². The molecule has 8 nitrogen and oxygen atoms in total. The second kappa shape index (κ2) is 8.55. The molecule has 8 heteroatoms. The number of nitrogens with one attached hydrogen (secondary N) is 2. The molecule has 25 heavy (non-hydrogen) atoms. The molecule has 0 aliphatic carbocycles. The number of anilines is 1. The van der Waals surface area contributed by atoms with Crippen molar-refractivity contribution in [2.24, 2.45) is 5.73 Å². The summed E-state index contributed by atoms with van der Waals surface area (Å²) in [6, 6.07) is 13.9. The minimum Gasteiger partial charge on any atom is -0.343 e. The highest BCUT2D eigenvalue weighted by Crippen LogP contribution is 2.16. The van der Waals surface area contributed by atoms with Crippen LogP contribution in [0.25, 0.3) is 0 Å². The third-order valence-electron chi connectivity index (χ3n) is 3.47. The Balaban J connectivity index is 2.10. The SMILES string of the molecule is NCC(=O)N[C@H](Cc1ccccc1)C(=O)Nc1ccc([N+](=O)[O-])cc1. The number of carbonyl (C=O) groups is 2. The first-order valence-corrected chi connectivity index (χ1v) is 7.58. The van der Waals surface area contributed by atoms with Crippen LogP contribution < -0.4 is 16.4 Å². The van der Waals surface area contributed by atoms with Gasteiger partial charge in [-0.2, -0.15) is 0 Å². The molecule has 0 saturated carbocycles. The Hall–Kier alpha value is -3.26. The lowest BCUT2D eigenvalue weighted by atomic mass is 10.0. The van der Waals surface area contributed by atoms with Gasteiger partial charge in [0, 0.05) is 24.2 Å². The molecule has 0 aliphatic rings. The highest BCUT2D eigenvalue weighted by Gasteiger charge is 2.21. The van der Waals surface area contributed by atoms with E-state index in [-0.39, 0.29) is 12.2 Å². The first-order chi connectivity index (χ1) is 12.0. The van der Waals surface area contributed by atoms with Crippen molar-refractivity contribution in [1.29, 1.82) is 0 Å². The number of hydrogen-bond acceptors (Lipinski definition) is 5. The lowest BCUT2D eigenvalue weighted by Gasteiger charge is -2.18. The van der Waals surface area contributed by atoms with Crippen LogP contribution in [0.5, 0.6) is 0 Å². The van der Waals surface area contributed by atoms with Crippen LogP contribution in [0.15, 0.2) is 54.6 Å². The normalized spacial score (nSPS) is 11.4. The molecule has 0 saturated heterocycles. The summed E-state index contributed by atoms with van der Waals surface area (Å²) in [7, 11) is 0. The third kappa shape index (κ3) is 5.40. The number of amides is 2. The molecule has 1 atom stereocenters. The van der Waals surface area contributed by atoms with Gasteiger partial charge in [0.2, 0.25) is 11.8 Å². The Morgan fingerprint density at radius 3 is 2.28 bits per heavy atom. The molecule has 0 aromatic heterocycles. The maximum atomic E-state index is 12.5.